The molecule has 2 aromatic carbocycles. The van der Waals surface area contributed by atoms with Crippen molar-refractivity contribution in [3.63, 3.8) is 0 Å². The maximum Gasteiger partial charge on any atom is 0.174 e. The van der Waals surface area contributed by atoms with E-state index in [1.54, 1.807) is 24.3 Å². The summed E-state index contributed by atoms with van der Waals surface area (Å²) in [6.45, 7) is 1.84. The van der Waals surface area contributed by atoms with Crippen molar-refractivity contribution in [1.29, 1.82) is 5.26 Å². The molecule has 2 aromatic rings. The number of aromatic hydroxyl groups is 1. The van der Waals surface area contributed by atoms with Gasteiger partial charge in [-0.3, -0.25) is 0 Å². The summed E-state index contributed by atoms with van der Waals surface area (Å²) in [4.78, 5) is 0. The Hall–Kier alpha value is -2.74. The first-order chi connectivity index (χ1) is 10.1. The molecule has 4 nitrogen and oxygen atoms in total. The molecule has 0 aliphatic rings. The van der Waals surface area contributed by atoms with Crippen molar-refractivity contribution in [2.24, 2.45) is 0 Å². The average molecular weight is 286 g/mol. The zero-order valence-electron chi connectivity index (χ0n) is 11.5. The number of phenolic OH excluding ortho intramolecular Hbond substituents is 1. The fourth-order valence-electron chi connectivity index (χ4n) is 2.00. The van der Waals surface area contributed by atoms with Gasteiger partial charge in [0.25, 0.3) is 0 Å². The number of nitrogens with zero attached hydrogens (tertiary/aromatic N) is 1. The minimum absolute atomic E-state index is 0.0161. The number of rotatable bonds is 5. The molecule has 5 heteroatoms. The Bertz CT molecular complexity index is 668. The first-order valence-electron chi connectivity index (χ1n) is 6.45. The van der Waals surface area contributed by atoms with E-state index in [2.05, 4.69) is 5.32 Å². The van der Waals surface area contributed by atoms with Gasteiger partial charge < -0.3 is 15.2 Å². The number of phenols is 1. The Kier molecular flexibility index (Phi) is 4.62. The number of nitriles is 1. The van der Waals surface area contributed by atoms with Gasteiger partial charge in [-0.1, -0.05) is 12.1 Å². The quantitative estimate of drug-likeness (QED) is 0.881. The Labute approximate surface area is 122 Å². The van der Waals surface area contributed by atoms with Gasteiger partial charge in [0, 0.05) is 23.4 Å². The molecule has 0 amide bonds. The van der Waals surface area contributed by atoms with Crippen LogP contribution in [0.15, 0.2) is 42.5 Å². The van der Waals surface area contributed by atoms with E-state index >= 15 is 0 Å². The van der Waals surface area contributed by atoms with Crippen LogP contribution in [0.2, 0.25) is 0 Å². The lowest BCUT2D eigenvalue weighted by Crippen LogP contribution is -2.07. The summed E-state index contributed by atoms with van der Waals surface area (Å²) in [7, 11) is 0. The smallest absolute Gasteiger partial charge is 0.174 e. The molecule has 0 aliphatic carbocycles. The minimum Gasteiger partial charge on any atom is -0.507 e. The van der Waals surface area contributed by atoms with Crippen LogP contribution < -0.4 is 10.1 Å². The van der Waals surface area contributed by atoms with E-state index in [-0.39, 0.29) is 18.4 Å². The molecule has 0 aliphatic heterocycles. The average Bonchev–Trinajstić information content (AvgIpc) is 2.45. The first-order valence-corrected chi connectivity index (χ1v) is 6.45. The zero-order chi connectivity index (χ0) is 15.2. The highest BCUT2D eigenvalue weighted by Gasteiger charge is 2.11. The van der Waals surface area contributed by atoms with Gasteiger partial charge in [0.1, 0.15) is 23.4 Å². The van der Waals surface area contributed by atoms with E-state index in [0.29, 0.717) is 11.3 Å². The third kappa shape index (κ3) is 3.86. The summed E-state index contributed by atoms with van der Waals surface area (Å²) in [5, 5.41) is 21.5. The molecular formula is C16H15FN2O2. The summed E-state index contributed by atoms with van der Waals surface area (Å²) in [5.74, 6) is 0.0133. The highest BCUT2D eigenvalue weighted by atomic mass is 19.1. The van der Waals surface area contributed by atoms with Crippen LogP contribution in [0.5, 0.6) is 11.5 Å². The van der Waals surface area contributed by atoms with Crippen molar-refractivity contribution >= 4 is 5.69 Å². The Morgan fingerprint density at radius 2 is 2.14 bits per heavy atom. The van der Waals surface area contributed by atoms with E-state index in [0.717, 1.165) is 11.8 Å². The van der Waals surface area contributed by atoms with Crippen molar-refractivity contribution < 1.29 is 14.2 Å². The number of ether oxygens (including phenoxy) is 1. The SMILES string of the molecule is CC(Nc1cccc(OCC#N)c1)c1ccc(F)cc1O. The number of hydrogen-bond donors (Lipinski definition) is 2. The third-order valence-corrected chi connectivity index (χ3v) is 2.98. The second kappa shape index (κ2) is 6.62. The molecule has 0 heterocycles. The van der Waals surface area contributed by atoms with Crippen LogP contribution in [0, 0.1) is 17.1 Å². The van der Waals surface area contributed by atoms with Gasteiger partial charge in [0.05, 0.1) is 6.04 Å². The molecule has 21 heavy (non-hydrogen) atoms. The molecule has 0 spiro atoms. The number of benzene rings is 2. The fourth-order valence-corrected chi connectivity index (χ4v) is 2.00. The van der Waals surface area contributed by atoms with Crippen molar-refractivity contribution in [3.05, 3.63) is 53.8 Å². The molecule has 2 rings (SSSR count). The minimum atomic E-state index is -0.477. The summed E-state index contributed by atoms with van der Waals surface area (Å²) >= 11 is 0. The predicted octanol–water partition coefficient (Wildman–Crippen LogP) is 3.61. The molecule has 1 atom stereocenters. The molecule has 108 valence electrons. The first kappa shape index (κ1) is 14.7. The van der Waals surface area contributed by atoms with Crippen molar-refractivity contribution in [1.82, 2.24) is 0 Å². The van der Waals surface area contributed by atoms with Crippen LogP contribution in [0.4, 0.5) is 10.1 Å². The molecule has 0 bridgehead atoms. The second-order valence-electron chi connectivity index (χ2n) is 4.54. The number of halogens is 1. The Morgan fingerprint density at radius 3 is 2.86 bits per heavy atom. The monoisotopic (exact) mass is 286 g/mol. The zero-order valence-corrected chi connectivity index (χ0v) is 11.5. The summed E-state index contributed by atoms with van der Waals surface area (Å²) in [5.41, 5.74) is 1.38. The molecule has 0 fully saturated rings. The van der Waals surface area contributed by atoms with Crippen LogP contribution in [0.25, 0.3) is 0 Å². The van der Waals surface area contributed by atoms with Gasteiger partial charge in [-0.05, 0) is 25.1 Å². The highest BCUT2D eigenvalue weighted by Crippen LogP contribution is 2.28. The van der Waals surface area contributed by atoms with Gasteiger partial charge in [-0.2, -0.15) is 5.26 Å². The fraction of sp³-hybridized carbons (Fsp3) is 0.188. The number of hydrogen-bond acceptors (Lipinski definition) is 4. The summed E-state index contributed by atoms with van der Waals surface area (Å²) in [6, 6.07) is 12.8. The Balaban J connectivity index is 2.12. The normalized spacial score (nSPS) is 11.5. The molecule has 1 unspecified atom stereocenters. The van der Waals surface area contributed by atoms with Crippen LogP contribution in [0.1, 0.15) is 18.5 Å². The van der Waals surface area contributed by atoms with E-state index in [1.165, 1.54) is 6.07 Å². The lowest BCUT2D eigenvalue weighted by Gasteiger charge is -2.17. The Morgan fingerprint density at radius 1 is 1.33 bits per heavy atom. The van der Waals surface area contributed by atoms with E-state index in [9.17, 15) is 9.50 Å². The predicted molar refractivity (Wildman–Crippen MR) is 77.7 cm³/mol. The highest BCUT2D eigenvalue weighted by molar-refractivity contribution is 5.51. The van der Waals surface area contributed by atoms with E-state index in [4.69, 9.17) is 10.00 Å². The van der Waals surface area contributed by atoms with Gasteiger partial charge in [0.15, 0.2) is 6.61 Å². The van der Waals surface area contributed by atoms with Crippen molar-refractivity contribution in [2.45, 2.75) is 13.0 Å². The summed E-state index contributed by atoms with van der Waals surface area (Å²) < 4.78 is 18.2. The van der Waals surface area contributed by atoms with Gasteiger partial charge >= 0.3 is 0 Å². The topological polar surface area (TPSA) is 65.3 Å². The second-order valence-corrected chi connectivity index (χ2v) is 4.54. The van der Waals surface area contributed by atoms with Crippen LogP contribution >= 0.6 is 0 Å². The van der Waals surface area contributed by atoms with E-state index < -0.39 is 5.82 Å². The summed E-state index contributed by atoms with van der Waals surface area (Å²) in [6.07, 6.45) is 0. The van der Waals surface area contributed by atoms with Crippen LogP contribution in [-0.4, -0.2) is 11.7 Å². The van der Waals surface area contributed by atoms with Crippen molar-refractivity contribution in [2.75, 3.05) is 11.9 Å². The van der Waals surface area contributed by atoms with Gasteiger partial charge in [-0.15, -0.1) is 0 Å². The van der Waals surface area contributed by atoms with Crippen LogP contribution in [0.3, 0.4) is 0 Å². The van der Waals surface area contributed by atoms with Crippen molar-refractivity contribution in [3.8, 4) is 17.6 Å². The molecule has 0 radical (unpaired) electrons. The molecule has 0 saturated carbocycles. The standard InChI is InChI=1S/C16H15FN2O2/c1-11(15-6-5-12(17)9-16(15)20)19-13-3-2-4-14(10-13)21-8-7-18/h2-6,9-11,19-20H,8H2,1H3. The lowest BCUT2D eigenvalue weighted by molar-refractivity contribution is 0.368. The molecule has 0 saturated heterocycles. The van der Waals surface area contributed by atoms with Gasteiger partial charge in [-0.25, -0.2) is 4.39 Å². The maximum atomic E-state index is 13.0. The third-order valence-electron chi connectivity index (χ3n) is 2.98. The lowest BCUT2D eigenvalue weighted by atomic mass is 10.1. The largest absolute Gasteiger partial charge is 0.507 e. The van der Waals surface area contributed by atoms with Gasteiger partial charge in [0.2, 0.25) is 0 Å². The van der Waals surface area contributed by atoms with E-state index in [1.807, 2.05) is 19.1 Å². The van der Waals surface area contributed by atoms with Crippen LogP contribution in [-0.2, 0) is 0 Å². The molecular weight excluding hydrogens is 271 g/mol. The number of anilines is 1. The molecule has 0 aromatic heterocycles. The molecule has 2 N–H and O–H groups in total. The number of nitrogens with one attached hydrogen (secondary N) is 1. The maximum absolute atomic E-state index is 13.0.